The van der Waals surface area contributed by atoms with E-state index in [0.717, 1.165) is 44.3 Å². The highest BCUT2D eigenvalue weighted by Gasteiger charge is 2.51. The predicted molar refractivity (Wildman–Crippen MR) is 107 cm³/mol. The van der Waals surface area contributed by atoms with Crippen molar-refractivity contribution in [1.29, 1.82) is 0 Å². The molecule has 7 heteroatoms. The molecule has 1 N–H and O–H groups in total. The summed E-state index contributed by atoms with van der Waals surface area (Å²) in [4.78, 5) is 16.3. The highest BCUT2D eigenvalue weighted by atomic mass is 16.3. The van der Waals surface area contributed by atoms with Gasteiger partial charge in [-0.1, -0.05) is 30.7 Å². The van der Waals surface area contributed by atoms with Gasteiger partial charge in [0, 0.05) is 33.2 Å². The molecule has 1 aromatic heterocycles. The van der Waals surface area contributed by atoms with Gasteiger partial charge in [-0.25, -0.2) is 4.68 Å². The van der Waals surface area contributed by atoms with Crippen LogP contribution in [0.4, 0.5) is 0 Å². The predicted octanol–water partition coefficient (Wildman–Crippen LogP) is 1.97. The molecule has 2 heterocycles. The monoisotopic (exact) mass is 387 g/mol. The van der Waals surface area contributed by atoms with Gasteiger partial charge in [0.25, 0.3) is 5.91 Å². The van der Waals surface area contributed by atoms with Crippen molar-refractivity contribution in [3.63, 3.8) is 0 Å². The van der Waals surface area contributed by atoms with E-state index in [2.05, 4.69) is 35.1 Å². The summed E-state index contributed by atoms with van der Waals surface area (Å²) in [7, 11) is 1.67. The molecule has 154 valence electrons. The smallest absolute Gasteiger partial charge is 0.275 e. The van der Waals surface area contributed by atoms with Crippen LogP contribution in [0.25, 0.3) is 0 Å². The van der Waals surface area contributed by atoms with Crippen molar-refractivity contribution >= 4 is 5.91 Å². The first-order chi connectivity index (χ1) is 13.4. The zero-order chi connectivity index (χ0) is 19.9. The Bertz CT molecular complexity index is 748. The van der Waals surface area contributed by atoms with Crippen LogP contribution in [0.5, 0.6) is 0 Å². The average Bonchev–Trinajstić information content (AvgIpc) is 3.18. The van der Waals surface area contributed by atoms with Crippen LogP contribution < -0.4 is 0 Å². The molecule has 1 saturated carbocycles. The molecule has 0 aromatic carbocycles. The van der Waals surface area contributed by atoms with Crippen molar-refractivity contribution in [3.05, 3.63) is 23.5 Å². The molecule has 2 atom stereocenters. The second-order valence-corrected chi connectivity index (χ2v) is 9.36. The van der Waals surface area contributed by atoms with Crippen LogP contribution in [0.3, 0.4) is 0 Å². The fraction of sp³-hybridized carbons (Fsp3) is 0.762. The van der Waals surface area contributed by atoms with Crippen LogP contribution in [-0.4, -0.2) is 75.6 Å². The van der Waals surface area contributed by atoms with Gasteiger partial charge in [0.1, 0.15) is 0 Å². The lowest BCUT2D eigenvalue weighted by molar-refractivity contribution is -0.0115. The van der Waals surface area contributed by atoms with Crippen molar-refractivity contribution in [2.75, 3.05) is 39.8 Å². The average molecular weight is 388 g/mol. The Morgan fingerprint density at radius 3 is 2.75 bits per heavy atom. The Labute approximate surface area is 167 Å². The highest BCUT2D eigenvalue weighted by molar-refractivity contribution is 5.91. The second kappa shape index (κ2) is 7.59. The molecule has 3 aliphatic carbocycles. The van der Waals surface area contributed by atoms with E-state index in [1.807, 2.05) is 4.68 Å². The third kappa shape index (κ3) is 3.50. The van der Waals surface area contributed by atoms with Gasteiger partial charge in [-0.3, -0.25) is 9.69 Å². The number of aromatic nitrogens is 3. The number of allylic oxidation sites excluding steroid dienone is 1. The first-order valence-electron chi connectivity index (χ1n) is 10.6. The first-order valence-corrected chi connectivity index (χ1v) is 10.6. The number of aliphatic hydroxyl groups excluding tert-OH is 1. The van der Waals surface area contributed by atoms with Crippen molar-refractivity contribution in [1.82, 2.24) is 24.8 Å². The summed E-state index contributed by atoms with van der Waals surface area (Å²) in [5.74, 6) is 1.49. The van der Waals surface area contributed by atoms with E-state index in [4.69, 9.17) is 5.11 Å². The molecule has 1 amide bonds. The van der Waals surface area contributed by atoms with Crippen molar-refractivity contribution in [3.8, 4) is 0 Å². The van der Waals surface area contributed by atoms with Crippen LogP contribution in [0.1, 0.15) is 56.1 Å². The fourth-order valence-electron chi connectivity index (χ4n) is 5.26. The van der Waals surface area contributed by atoms with Crippen molar-refractivity contribution in [2.45, 2.75) is 45.6 Å². The Morgan fingerprint density at radius 2 is 2.11 bits per heavy atom. The van der Waals surface area contributed by atoms with Crippen LogP contribution in [0.15, 0.2) is 17.8 Å². The molecule has 1 aromatic rings. The number of aliphatic hydroxyl groups is 1. The van der Waals surface area contributed by atoms with Crippen LogP contribution in [-0.2, 0) is 0 Å². The lowest BCUT2D eigenvalue weighted by atomic mass is 9.49. The number of amides is 1. The van der Waals surface area contributed by atoms with E-state index < -0.39 is 0 Å². The number of nitrogens with zero attached hydrogens (tertiary/aromatic N) is 5. The van der Waals surface area contributed by atoms with Gasteiger partial charge in [0.15, 0.2) is 5.69 Å². The van der Waals surface area contributed by atoms with Crippen molar-refractivity contribution in [2.24, 2.45) is 17.3 Å². The Hall–Kier alpha value is -1.73. The van der Waals surface area contributed by atoms with Gasteiger partial charge < -0.3 is 10.0 Å². The highest BCUT2D eigenvalue weighted by Crippen LogP contribution is 2.59. The van der Waals surface area contributed by atoms with E-state index in [-0.39, 0.29) is 12.5 Å². The van der Waals surface area contributed by atoms with E-state index in [1.165, 1.54) is 17.7 Å². The van der Waals surface area contributed by atoms with Crippen LogP contribution in [0.2, 0.25) is 0 Å². The minimum Gasteiger partial charge on any atom is -0.395 e. The zero-order valence-corrected chi connectivity index (χ0v) is 17.3. The van der Waals surface area contributed by atoms with E-state index in [9.17, 15) is 4.79 Å². The normalized spacial score (nSPS) is 27.2. The molecule has 2 bridgehead atoms. The van der Waals surface area contributed by atoms with Gasteiger partial charge in [-0.15, -0.1) is 5.10 Å². The number of piperidine rings is 1. The standard InChI is InChI=1S/C21H33N5O2/c1-21(2)16-5-4-15(18(21)12-16)13-25-8-6-17(7-9-25)26-14-19(22-23-26)20(28)24(3)10-11-27/h4,14,16-18,27H,5-13H2,1-3H3/t16-,18-/m0/s1. The van der Waals surface area contributed by atoms with Gasteiger partial charge in [0.05, 0.1) is 18.8 Å². The molecular formula is C21H33N5O2. The maximum absolute atomic E-state index is 12.3. The molecule has 1 saturated heterocycles. The summed E-state index contributed by atoms with van der Waals surface area (Å²) in [6.45, 7) is 8.36. The molecule has 2 fully saturated rings. The number of likely N-dealkylation sites (N-methyl/N-ethyl adjacent to an activating group) is 1. The molecule has 5 rings (SSSR count). The lowest BCUT2D eigenvalue weighted by Crippen LogP contribution is -2.50. The maximum Gasteiger partial charge on any atom is 0.275 e. The summed E-state index contributed by atoms with van der Waals surface area (Å²) in [5, 5.41) is 17.3. The second-order valence-electron chi connectivity index (χ2n) is 9.36. The number of likely N-dealkylation sites (tertiary alicyclic amines) is 1. The van der Waals surface area contributed by atoms with Gasteiger partial charge in [-0.2, -0.15) is 0 Å². The summed E-state index contributed by atoms with van der Waals surface area (Å²) in [6, 6.07) is 0.304. The Morgan fingerprint density at radius 1 is 1.36 bits per heavy atom. The summed E-state index contributed by atoms with van der Waals surface area (Å²) in [6.07, 6.45) is 8.98. The molecule has 0 unspecified atom stereocenters. The molecule has 28 heavy (non-hydrogen) atoms. The summed E-state index contributed by atoms with van der Waals surface area (Å²) < 4.78 is 1.86. The number of hydrogen-bond acceptors (Lipinski definition) is 5. The minimum atomic E-state index is -0.191. The van der Waals surface area contributed by atoms with Crippen molar-refractivity contribution < 1.29 is 9.90 Å². The number of carbonyl (C=O) groups is 1. The van der Waals surface area contributed by atoms with Gasteiger partial charge in [0.2, 0.25) is 0 Å². The zero-order valence-electron chi connectivity index (χ0n) is 17.3. The number of rotatable bonds is 6. The number of carbonyl (C=O) groups excluding carboxylic acids is 1. The third-order valence-electron chi connectivity index (χ3n) is 7.43. The fourth-order valence-corrected chi connectivity index (χ4v) is 5.26. The van der Waals surface area contributed by atoms with Gasteiger partial charge >= 0.3 is 0 Å². The van der Waals surface area contributed by atoms with Crippen LogP contribution >= 0.6 is 0 Å². The molecule has 4 aliphatic rings. The largest absolute Gasteiger partial charge is 0.395 e. The minimum absolute atomic E-state index is 0.0516. The van der Waals surface area contributed by atoms with E-state index in [1.54, 1.807) is 18.8 Å². The molecule has 1 aliphatic heterocycles. The topological polar surface area (TPSA) is 74.5 Å². The number of fused-ring (bicyclic) bond motifs is 1. The van der Waals surface area contributed by atoms with E-state index >= 15 is 0 Å². The molecule has 7 nitrogen and oxygen atoms in total. The third-order valence-corrected chi connectivity index (χ3v) is 7.43. The number of hydrogen-bond donors (Lipinski definition) is 1. The van der Waals surface area contributed by atoms with Gasteiger partial charge in [-0.05, 0) is 42.9 Å². The first kappa shape index (κ1) is 19.6. The Kier molecular flexibility index (Phi) is 5.31. The molecule has 0 radical (unpaired) electrons. The molecular weight excluding hydrogens is 354 g/mol. The SMILES string of the molecule is CN(CCO)C(=O)c1cn(C2CCN(CC3=CC[C@H]4C[C@@H]3C4(C)C)CC2)nn1. The summed E-state index contributed by atoms with van der Waals surface area (Å²) >= 11 is 0. The maximum atomic E-state index is 12.3. The molecule has 0 spiro atoms. The van der Waals surface area contributed by atoms with E-state index in [0.29, 0.717) is 23.7 Å². The van der Waals surface area contributed by atoms with Crippen LogP contribution in [0, 0.1) is 17.3 Å². The quantitative estimate of drug-likeness (QED) is 0.756. The summed E-state index contributed by atoms with van der Waals surface area (Å²) in [5.41, 5.74) is 2.51. The lowest BCUT2D eigenvalue weighted by Gasteiger charge is -2.57. The Balaban J connectivity index is 1.30.